The summed E-state index contributed by atoms with van der Waals surface area (Å²) in [4.78, 5) is 2.52. The summed E-state index contributed by atoms with van der Waals surface area (Å²) >= 11 is 0. The van der Waals surface area contributed by atoms with Gasteiger partial charge in [0, 0.05) is 16.9 Å². The van der Waals surface area contributed by atoms with Crippen LogP contribution in [0.5, 0.6) is 0 Å². The highest BCUT2D eigenvalue weighted by Gasteiger charge is 2.47. The van der Waals surface area contributed by atoms with E-state index in [4.69, 9.17) is 0 Å². The largest absolute Gasteiger partial charge is 0.310 e. The second-order valence-corrected chi connectivity index (χ2v) is 20.7. The molecule has 1 heteroatoms. The zero-order valence-electron chi connectivity index (χ0n) is 40.5. The Labute approximate surface area is 414 Å². The Morgan fingerprint density at radius 3 is 1.19 bits per heavy atom. The quantitative estimate of drug-likeness (QED) is 0.140. The van der Waals surface area contributed by atoms with E-state index in [1.54, 1.807) is 0 Å². The Hall–Kier alpha value is -8.00. The maximum absolute atomic E-state index is 2.56. The number of rotatable bonds is 9. The molecule has 12 rings (SSSR count). The van der Waals surface area contributed by atoms with Crippen molar-refractivity contribution >= 4 is 17.1 Å². The van der Waals surface area contributed by atoms with Crippen molar-refractivity contribution in [2.24, 2.45) is 0 Å². The van der Waals surface area contributed by atoms with Crippen molar-refractivity contribution in [3.05, 3.63) is 282 Å². The number of nitrogens with zero attached hydrogens (tertiary/aromatic N) is 1. The van der Waals surface area contributed by atoms with E-state index in [9.17, 15) is 0 Å². The summed E-state index contributed by atoms with van der Waals surface area (Å²) in [6.45, 7) is 9.73. The summed E-state index contributed by atoms with van der Waals surface area (Å²) in [5.41, 5.74) is 23.1. The summed E-state index contributed by atoms with van der Waals surface area (Å²) < 4.78 is 0. The van der Waals surface area contributed by atoms with Gasteiger partial charge in [0.25, 0.3) is 0 Å². The van der Waals surface area contributed by atoms with Crippen LogP contribution in [-0.2, 0) is 16.2 Å². The third kappa shape index (κ3) is 7.31. The molecule has 0 N–H and O–H groups in total. The first-order valence-electron chi connectivity index (χ1n) is 25.0. The topological polar surface area (TPSA) is 3.24 Å². The number of hydrogen-bond acceptors (Lipinski definition) is 1. The molecule has 0 aliphatic heterocycles. The smallest absolute Gasteiger partial charge is 0.0714 e. The molecule has 338 valence electrons. The van der Waals surface area contributed by atoms with E-state index in [0.29, 0.717) is 0 Å². The minimum atomic E-state index is -0.567. The molecule has 10 aromatic rings. The lowest BCUT2D eigenvalue weighted by Gasteiger charge is -2.42. The van der Waals surface area contributed by atoms with Crippen LogP contribution in [0.15, 0.2) is 249 Å². The summed E-state index contributed by atoms with van der Waals surface area (Å²) in [5, 5.41) is 0. The first-order valence-corrected chi connectivity index (χ1v) is 25.0. The van der Waals surface area contributed by atoms with Gasteiger partial charge < -0.3 is 4.90 Å². The van der Waals surface area contributed by atoms with Gasteiger partial charge in [0.15, 0.2) is 0 Å². The highest BCUT2D eigenvalue weighted by Crippen LogP contribution is 2.59. The normalized spacial score (nSPS) is 14.8. The molecular formula is C69H57N. The zero-order valence-corrected chi connectivity index (χ0v) is 40.5. The van der Waals surface area contributed by atoms with Gasteiger partial charge in [0.1, 0.15) is 0 Å². The standard InChI is InChI=1S/C69H57N/c1-67(2)43-44-68(3,4)65-45-54(37-42-63(65)67)60-46-61-59-27-17-18-28-62(59)69(55-23-13-7-14-24-55,56-25-15-8-16-26-56)64(61)47-66(60)70(57-38-33-52(34-39-57)49-21-11-6-12-22-49)58-40-35-53(36-41-58)51-31-29-50(30-32-51)48-19-9-5-10-20-48/h5-42,45-47H,43-44H2,1-4H3. The molecule has 0 fully saturated rings. The molecule has 0 bridgehead atoms. The Balaban J connectivity index is 1.12. The van der Waals surface area contributed by atoms with Crippen molar-refractivity contribution in [1.82, 2.24) is 0 Å². The molecule has 0 aromatic heterocycles. The van der Waals surface area contributed by atoms with Crippen molar-refractivity contribution in [3.63, 3.8) is 0 Å². The molecule has 0 saturated heterocycles. The van der Waals surface area contributed by atoms with Crippen LogP contribution < -0.4 is 4.90 Å². The Morgan fingerprint density at radius 2 is 0.686 bits per heavy atom. The van der Waals surface area contributed by atoms with E-state index in [1.807, 2.05) is 0 Å². The van der Waals surface area contributed by atoms with Crippen LogP contribution in [0, 0.1) is 0 Å². The molecule has 1 nitrogen and oxygen atoms in total. The molecule has 2 aliphatic rings. The Kier molecular flexibility index (Phi) is 10.6. The first-order chi connectivity index (χ1) is 34.2. The van der Waals surface area contributed by atoms with Crippen molar-refractivity contribution < 1.29 is 0 Å². The number of benzene rings is 10. The zero-order chi connectivity index (χ0) is 47.5. The van der Waals surface area contributed by atoms with Gasteiger partial charge >= 0.3 is 0 Å². The minimum absolute atomic E-state index is 0.0439. The van der Waals surface area contributed by atoms with Gasteiger partial charge in [0.05, 0.1) is 11.1 Å². The van der Waals surface area contributed by atoms with E-state index < -0.39 is 5.41 Å². The summed E-state index contributed by atoms with van der Waals surface area (Å²) in [6, 6.07) is 92.7. The van der Waals surface area contributed by atoms with E-state index in [1.165, 1.54) is 95.4 Å². The van der Waals surface area contributed by atoms with Gasteiger partial charge in [-0.25, -0.2) is 0 Å². The van der Waals surface area contributed by atoms with Crippen molar-refractivity contribution in [3.8, 4) is 55.6 Å². The maximum atomic E-state index is 2.56. The number of hydrogen-bond donors (Lipinski definition) is 0. The fourth-order valence-electron chi connectivity index (χ4n) is 11.8. The SMILES string of the molecule is CC1(C)CCC(C)(C)c2cc(-c3cc4c(cc3N(c3ccc(-c5ccccc5)cc3)c3ccc(-c5ccc(-c6ccccc6)cc5)cc3)C(c3ccccc3)(c3ccccc3)c3ccccc3-4)ccc21. The van der Waals surface area contributed by atoms with Gasteiger partial charge in [-0.05, 0) is 144 Å². The Morgan fingerprint density at radius 1 is 0.286 bits per heavy atom. The Bertz CT molecular complexity index is 3440. The predicted octanol–water partition coefficient (Wildman–Crippen LogP) is 18.5. The highest BCUT2D eigenvalue weighted by atomic mass is 15.1. The van der Waals surface area contributed by atoms with Crippen LogP contribution in [-0.4, -0.2) is 0 Å². The van der Waals surface area contributed by atoms with Crippen LogP contribution in [0.1, 0.15) is 73.9 Å². The number of fused-ring (bicyclic) bond motifs is 4. The van der Waals surface area contributed by atoms with E-state index in [0.717, 1.165) is 23.5 Å². The second-order valence-electron chi connectivity index (χ2n) is 20.7. The van der Waals surface area contributed by atoms with E-state index in [-0.39, 0.29) is 10.8 Å². The average molecular weight is 900 g/mol. The highest BCUT2D eigenvalue weighted by molar-refractivity contribution is 5.97. The van der Waals surface area contributed by atoms with Gasteiger partial charge in [-0.15, -0.1) is 0 Å². The van der Waals surface area contributed by atoms with Gasteiger partial charge in [-0.1, -0.05) is 240 Å². The summed E-state index contributed by atoms with van der Waals surface area (Å²) in [5.74, 6) is 0. The van der Waals surface area contributed by atoms with Crippen LogP contribution in [0.4, 0.5) is 17.1 Å². The van der Waals surface area contributed by atoms with Gasteiger partial charge in [0.2, 0.25) is 0 Å². The van der Waals surface area contributed by atoms with Crippen molar-refractivity contribution in [2.75, 3.05) is 4.90 Å². The van der Waals surface area contributed by atoms with Crippen LogP contribution in [0.2, 0.25) is 0 Å². The number of anilines is 3. The van der Waals surface area contributed by atoms with Crippen molar-refractivity contribution in [1.29, 1.82) is 0 Å². The lowest BCUT2D eigenvalue weighted by atomic mass is 9.63. The average Bonchev–Trinajstić information content (AvgIpc) is 3.71. The monoisotopic (exact) mass is 899 g/mol. The molecule has 0 amide bonds. The molecule has 0 unspecified atom stereocenters. The van der Waals surface area contributed by atoms with E-state index in [2.05, 4.69) is 281 Å². The molecule has 10 aromatic carbocycles. The second kappa shape index (κ2) is 17.2. The fourth-order valence-corrected chi connectivity index (χ4v) is 11.8. The van der Waals surface area contributed by atoms with Crippen LogP contribution >= 0.6 is 0 Å². The van der Waals surface area contributed by atoms with Crippen LogP contribution in [0.25, 0.3) is 55.6 Å². The third-order valence-corrected chi connectivity index (χ3v) is 15.7. The maximum Gasteiger partial charge on any atom is 0.0714 e. The van der Waals surface area contributed by atoms with E-state index >= 15 is 0 Å². The molecule has 0 saturated carbocycles. The molecule has 0 heterocycles. The van der Waals surface area contributed by atoms with Gasteiger partial charge in [-0.3, -0.25) is 0 Å². The molecule has 0 atom stereocenters. The molecule has 2 aliphatic carbocycles. The fraction of sp³-hybridized carbons (Fsp3) is 0.130. The predicted molar refractivity (Wildman–Crippen MR) is 295 cm³/mol. The third-order valence-electron chi connectivity index (χ3n) is 15.7. The lowest BCUT2D eigenvalue weighted by Crippen LogP contribution is -2.33. The van der Waals surface area contributed by atoms with Crippen molar-refractivity contribution in [2.45, 2.75) is 56.8 Å². The molecule has 0 spiro atoms. The lowest BCUT2D eigenvalue weighted by molar-refractivity contribution is 0.332. The van der Waals surface area contributed by atoms with Gasteiger partial charge in [-0.2, -0.15) is 0 Å². The van der Waals surface area contributed by atoms with Crippen LogP contribution in [0.3, 0.4) is 0 Å². The molecular weight excluding hydrogens is 843 g/mol. The minimum Gasteiger partial charge on any atom is -0.310 e. The summed E-state index contributed by atoms with van der Waals surface area (Å²) in [6.07, 6.45) is 2.33. The molecule has 70 heavy (non-hydrogen) atoms. The molecule has 0 radical (unpaired) electrons. The first kappa shape index (κ1) is 43.3. The summed E-state index contributed by atoms with van der Waals surface area (Å²) in [7, 11) is 0.